The number of hydrogen-bond acceptors (Lipinski definition) is 10. The number of carbonyl (C=O) groups is 3. The van der Waals surface area contributed by atoms with E-state index in [1.807, 2.05) is 38.2 Å². The number of aliphatic hydroxyl groups excluding tert-OH is 2. The molecule has 6 N–H and O–H groups in total. The molecule has 0 unspecified atom stereocenters. The van der Waals surface area contributed by atoms with E-state index in [9.17, 15) is 34.8 Å². The number of phenols is 1. The number of aromatic hydroxyl groups is 1. The maximum Gasteiger partial charge on any atom is 0.255 e. The number of benzene rings is 1. The van der Waals surface area contributed by atoms with E-state index in [0.717, 1.165) is 6.54 Å². The van der Waals surface area contributed by atoms with E-state index in [1.165, 1.54) is 4.90 Å². The fourth-order valence-electron chi connectivity index (χ4n) is 6.90. The van der Waals surface area contributed by atoms with E-state index in [1.54, 1.807) is 20.2 Å². The first-order valence-electron chi connectivity index (χ1n) is 14.1. The van der Waals surface area contributed by atoms with Gasteiger partial charge in [-0.25, -0.2) is 0 Å². The van der Waals surface area contributed by atoms with E-state index in [-0.39, 0.29) is 29.7 Å². The minimum absolute atomic E-state index is 0.00262. The maximum absolute atomic E-state index is 14.1. The molecule has 228 valence electrons. The molecule has 1 aromatic carbocycles. The molecule has 0 fully saturated rings. The van der Waals surface area contributed by atoms with E-state index in [2.05, 4.69) is 18.7 Å². The Bertz CT molecular complexity index is 1420. The first kappa shape index (κ1) is 31.3. The predicted molar refractivity (Wildman–Crippen MR) is 159 cm³/mol. The van der Waals surface area contributed by atoms with Gasteiger partial charge in [-0.15, -0.1) is 0 Å². The van der Waals surface area contributed by atoms with E-state index in [4.69, 9.17) is 5.73 Å². The summed E-state index contributed by atoms with van der Waals surface area (Å²) >= 11 is 0. The van der Waals surface area contributed by atoms with Gasteiger partial charge >= 0.3 is 0 Å². The molecule has 0 heterocycles. The molecule has 0 radical (unpaired) electrons. The number of anilines is 1. The van der Waals surface area contributed by atoms with Crippen LogP contribution < -0.4 is 10.6 Å². The number of primary amides is 1. The zero-order valence-corrected chi connectivity index (χ0v) is 25.3. The van der Waals surface area contributed by atoms with Crippen molar-refractivity contribution in [2.45, 2.75) is 38.3 Å². The van der Waals surface area contributed by atoms with Crippen LogP contribution in [0.2, 0.25) is 0 Å². The van der Waals surface area contributed by atoms with Gasteiger partial charge in [0, 0.05) is 49.9 Å². The van der Waals surface area contributed by atoms with Crippen LogP contribution in [0.25, 0.3) is 6.08 Å². The Kier molecular flexibility index (Phi) is 8.34. The lowest BCUT2D eigenvalue weighted by Gasteiger charge is -2.50. The van der Waals surface area contributed by atoms with Crippen LogP contribution in [0.4, 0.5) is 5.69 Å². The zero-order valence-electron chi connectivity index (χ0n) is 25.3. The molecule has 0 aromatic heterocycles. The van der Waals surface area contributed by atoms with E-state index < -0.39 is 58.0 Å². The SMILES string of the molecule is CC(C)CN(C)C/C=C/c1cc(N(C)C)c2c(c1O)C(=O)C1=C(O)[C@]3(O)C(=O)C(C(N)=O)=C(O)[C@@H](N(C)C)[C@@H]3C[C@@H]1C2. The standard InChI is InChI=1S/C31H42N4O7/c1-15(2)14-35(7)10-8-9-16-13-20(33(3)4)18-11-17-12-19-24(34(5)6)27(38)23(30(32)41)29(40)31(19,42)28(39)21(17)26(37)22(18)25(16)36/h8-9,13,15,17,19,24,36,38-39,42H,10-12,14H2,1-7H3,(H2,32,41)/b9-8+/t17-,19-,24-,31-/m0/s1. The molecule has 4 rings (SSSR count). The van der Waals surface area contributed by atoms with Crippen LogP contribution in [-0.4, -0.2) is 108 Å². The normalized spacial score (nSPS) is 25.9. The van der Waals surface area contributed by atoms with Crippen molar-refractivity contribution < 1.29 is 34.8 Å². The van der Waals surface area contributed by atoms with Crippen LogP contribution >= 0.6 is 0 Å². The van der Waals surface area contributed by atoms with Gasteiger partial charge < -0.3 is 36.0 Å². The molecule has 3 aliphatic rings. The number of Topliss-reactive ketones (excluding diaryl/α,β-unsaturated/α-hetero) is 2. The van der Waals surface area contributed by atoms with Gasteiger partial charge in [-0.1, -0.05) is 26.0 Å². The number of carbonyl (C=O) groups excluding carboxylic acids is 3. The summed E-state index contributed by atoms with van der Waals surface area (Å²) < 4.78 is 0. The topological polar surface area (TPSA) is 168 Å². The number of ketones is 2. The molecule has 3 aliphatic carbocycles. The highest BCUT2D eigenvalue weighted by Crippen LogP contribution is 2.53. The number of fused-ring (bicyclic) bond motifs is 3. The predicted octanol–water partition coefficient (Wildman–Crippen LogP) is 1.79. The third-order valence-corrected chi connectivity index (χ3v) is 8.60. The monoisotopic (exact) mass is 582 g/mol. The van der Waals surface area contributed by atoms with Crippen molar-refractivity contribution in [2.75, 3.05) is 53.2 Å². The second-order valence-electron chi connectivity index (χ2n) is 12.6. The number of hydrogen-bond donors (Lipinski definition) is 5. The van der Waals surface area contributed by atoms with Crippen LogP contribution in [0, 0.1) is 17.8 Å². The van der Waals surface area contributed by atoms with E-state index >= 15 is 0 Å². The highest BCUT2D eigenvalue weighted by molar-refractivity contribution is 6.25. The fraction of sp³-hybridized carbons (Fsp3) is 0.516. The number of nitrogens with zero attached hydrogens (tertiary/aromatic N) is 3. The average Bonchev–Trinajstić information content (AvgIpc) is 2.86. The lowest BCUT2D eigenvalue weighted by Crippen LogP contribution is -2.63. The molecule has 11 nitrogen and oxygen atoms in total. The van der Waals surface area contributed by atoms with Gasteiger partial charge in [-0.3, -0.25) is 19.3 Å². The molecule has 0 aliphatic heterocycles. The quantitative estimate of drug-likeness (QED) is 0.285. The molecule has 0 spiro atoms. The molecule has 42 heavy (non-hydrogen) atoms. The number of aliphatic hydroxyl groups is 3. The van der Waals surface area contributed by atoms with Gasteiger partial charge in [0.1, 0.15) is 22.8 Å². The smallest absolute Gasteiger partial charge is 0.255 e. The Morgan fingerprint density at radius 1 is 1.14 bits per heavy atom. The number of amides is 1. The summed E-state index contributed by atoms with van der Waals surface area (Å²) in [4.78, 5) is 45.3. The summed E-state index contributed by atoms with van der Waals surface area (Å²) in [6.07, 6.45) is 3.92. The number of rotatable bonds is 8. The molecule has 1 aromatic rings. The van der Waals surface area contributed by atoms with Crippen molar-refractivity contribution in [1.29, 1.82) is 0 Å². The van der Waals surface area contributed by atoms with E-state index in [0.29, 0.717) is 29.3 Å². The lowest BCUT2D eigenvalue weighted by atomic mass is 9.58. The van der Waals surface area contributed by atoms with Crippen LogP contribution in [-0.2, 0) is 16.0 Å². The third-order valence-electron chi connectivity index (χ3n) is 8.60. The van der Waals surface area contributed by atoms with Crippen molar-refractivity contribution in [2.24, 2.45) is 23.5 Å². The Labute approximate surface area is 246 Å². The Balaban J connectivity index is 1.87. The summed E-state index contributed by atoms with van der Waals surface area (Å²) in [6.45, 7) is 5.76. The van der Waals surface area contributed by atoms with Crippen LogP contribution in [0.3, 0.4) is 0 Å². The highest BCUT2D eigenvalue weighted by Gasteiger charge is 2.63. The number of phenolic OH excluding ortho intramolecular Hbond substituents is 1. The second kappa shape index (κ2) is 11.2. The third kappa shape index (κ3) is 4.89. The summed E-state index contributed by atoms with van der Waals surface area (Å²) in [5.74, 6) is -6.12. The molecule has 1 amide bonds. The number of allylic oxidation sites excluding steroid dienone is 1. The minimum atomic E-state index is -2.66. The number of nitrogens with two attached hydrogens (primary N) is 1. The molecule has 4 atom stereocenters. The Morgan fingerprint density at radius 3 is 2.33 bits per heavy atom. The summed E-state index contributed by atoms with van der Waals surface area (Å²) in [6, 6.07) is 0.785. The zero-order chi connectivity index (χ0) is 31.4. The van der Waals surface area contributed by atoms with Crippen LogP contribution in [0.5, 0.6) is 5.75 Å². The highest BCUT2D eigenvalue weighted by atomic mass is 16.3. The molecule has 0 saturated heterocycles. The first-order chi connectivity index (χ1) is 19.5. The molecular weight excluding hydrogens is 540 g/mol. The summed E-state index contributed by atoms with van der Waals surface area (Å²) in [7, 11) is 8.86. The van der Waals surface area contributed by atoms with Crippen LogP contribution in [0.1, 0.15) is 41.8 Å². The van der Waals surface area contributed by atoms with Crippen molar-refractivity contribution in [3.05, 3.63) is 51.5 Å². The van der Waals surface area contributed by atoms with Crippen molar-refractivity contribution in [3.8, 4) is 5.75 Å². The average molecular weight is 583 g/mol. The summed E-state index contributed by atoms with van der Waals surface area (Å²) in [5.41, 5.74) is 3.46. The lowest BCUT2D eigenvalue weighted by molar-refractivity contribution is -0.148. The van der Waals surface area contributed by atoms with Gasteiger partial charge in [0.25, 0.3) is 5.91 Å². The fourth-order valence-corrected chi connectivity index (χ4v) is 6.90. The molecule has 0 bridgehead atoms. The summed E-state index contributed by atoms with van der Waals surface area (Å²) in [5, 5.41) is 45.6. The van der Waals surface area contributed by atoms with Crippen molar-refractivity contribution in [1.82, 2.24) is 9.80 Å². The van der Waals surface area contributed by atoms with Crippen molar-refractivity contribution >= 4 is 29.2 Å². The maximum atomic E-state index is 14.1. The largest absolute Gasteiger partial charge is 0.510 e. The van der Waals surface area contributed by atoms with Gasteiger partial charge in [0.2, 0.25) is 5.78 Å². The first-order valence-corrected chi connectivity index (χ1v) is 14.1. The second-order valence-corrected chi connectivity index (χ2v) is 12.6. The van der Waals surface area contributed by atoms with Gasteiger partial charge in [0.05, 0.1) is 11.6 Å². The minimum Gasteiger partial charge on any atom is -0.510 e. The van der Waals surface area contributed by atoms with Gasteiger partial charge in [0.15, 0.2) is 11.4 Å². The Morgan fingerprint density at radius 2 is 1.79 bits per heavy atom. The molecule has 11 heteroatoms. The van der Waals surface area contributed by atoms with Crippen molar-refractivity contribution in [3.63, 3.8) is 0 Å². The van der Waals surface area contributed by atoms with Crippen LogP contribution in [0.15, 0.2) is 34.8 Å². The number of likely N-dealkylation sites (N-methyl/N-ethyl adjacent to an activating group) is 2. The van der Waals surface area contributed by atoms with Gasteiger partial charge in [-0.2, -0.15) is 0 Å². The molecule has 0 saturated carbocycles. The Hall–Kier alpha value is -3.67. The molecular formula is C31H42N4O7. The van der Waals surface area contributed by atoms with Gasteiger partial charge in [-0.05, 0) is 57.5 Å².